The molecule has 1 aliphatic rings. The average molecular weight is 241 g/mol. The average Bonchev–Trinajstić information content (AvgIpc) is 2.61. The topological polar surface area (TPSA) is 30.3 Å². The lowest BCUT2D eigenvalue weighted by atomic mass is 10.0. The quantitative estimate of drug-likeness (QED) is 0.757. The third kappa shape index (κ3) is 1.84. The molecule has 1 aromatic carbocycles. The van der Waals surface area contributed by atoms with Crippen molar-refractivity contribution in [3.8, 4) is 6.07 Å². The predicted molar refractivity (Wildman–Crippen MR) is 74.1 cm³/mol. The van der Waals surface area contributed by atoms with E-state index >= 15 is 0 Å². The van der Waals surface area contributed by atoms with E-state index in [0.717, 1.165) is 0 Å². The van der Waals surface area contributed by atoms with Crippen molar-refractivity contribution in [3.63, 3.8) is 0 Å². The van der Waals surface area contributed by atoms with Gasteiger partial charge in [-0.2, -0.15) is 5.26 Å². The molecule has 0 saturated carbocycles. The van der Waals surface area contributed by atoms with Gasteiger partial charge in [0, 0.05) is 18.9 Å². The number of benzene rings is 1. The highest BCUT2D eigenvalue weighted by Crippen LogP contribution is 2.31. The van der Waals surface area contributed by atoms with Crippen LogP contribution >= 0.6 is 0 Å². The van der Waals surface area contributed by atoms with Gasteiger partial charge in [0.25, 0.3) is 0 Å². The number of hydrogen-bond donors (Lipinski definition) is 0. The molecule has 1 aliphatic heterocycles. The molecule has 3 heteroatoms. The molecule has 1 aromatic rings. The summed E-state index contributed by atoms with van der Waals surface area (Å²) < 4.78 is 0. The Morgan fingerprint density at radius 3 is 2.44 bits per heavy atom. The second-order valence-electron chi connectivity index (χ2n) is 5.00. The van der Waals surface area contributed by atoms with Crippen LogP contribution in [0.4, 0.5) is 5.69 Å². The molecule has 1 heterocycles. The molecule has 2 rings (SSSR count). The number of nitriles is 1. The molecule has 0 unspecified atom stereocenters. The van der Waals surface area contributed by atoms with Gasteiger partial charge >= 0.3 is 0 Å². The first-order valence-corrected chi connectivity index (χ1v) is 6.16. The highest BCUT2D eigenvalue weighted by molar-refractivity contribution is 5.62. The van der Waals surface area contributed by atoms with Crippen molar-refractivity contribution in [1.82, 2.24) is 4.90 Å². The summed E-state index contributed by atoms with van der Waals surface area (Å²) in [5, 5.41) is 9.11. The molecule has 0 aliphatic carbocycles. The van der Waals surface area contributed by atoms with Crippen LogP contribution in [0.3, 0.4) is 0 Å². The summed E-state index contributed by atoms with van der Waals surface area (Å²) in [6, 6.07) is 6.61. The van der Waals surface area contributed by atoms with Crippen molar-refractivity contribution in [2.75, 3.05) is 11.9 Å². The van der Waals surface area contributed by atoms with E-state index in [-0.39, 0.29) is 6.17 Å². The van der Waals surface area contributed by atoms with Crippen LogP contribution in [0.25, 0.3) is 0 Å². The normalized spacial score (nSPS) is 18.9. The molecule has 0 fully saturated rings. The zero-order valence-corrected chi connectivity index (χ0v) is 11.7. The second-order valence-corrected chi connectivity index (χ2v) is 5.00. The van der Waals surface area contributed by atoms with Crippen LogP contribution in [-0.4, -0.2) is 18.1 Å². The van der Waals surface area contributed by atoms with Gasteiger partial charge in [0.15, 0.2) is 0 Å². The van der Waals surface area contributed by atoms with Crippen LogP contribution in [0.1, 0.15) is 23.6 Å². The number of allylic oxidation sites excluding steroid dienone is 1. The van der Waals surface area contributed by atoms with Crippen LogP contribution in [0.5, 0.6) is 0 Å². The first-order valence-electron chi connectivity index (χ1n) is 6.16. The second kappa shape index (κ2) is 4.38. The Balaban J connectivity index is 2.51. The first-order chi connectivity index (χ1) is 8.45. The van der Waals surface area contributed by atoms with Gasteiger partial charge in [0.1, 0.15) is 17.9 Å². The molecule has 0 aromatic heterocycles. The zero-order valence-electron chi connectivity index (χ0n) is 11.7. The van der Waals surface area contributed by atoms with Crippen LogP contribution in [0, 0.1) is 32.1 Å². The van der Waals surface area contributed by atoms with Gasteiger partial charge in [-0.05, 0) is 50.5 Å². The molecule has 0 N–H and O–H groups in total. The lowest BCUT2D eigenvalue weighted by Crippen LogP contribution is -2.34. The minimum absolute atomic E-state index is 0.180. The van der Waals surface area contributed by atoms with Crippen molar-refractivity contribution in [2.45, 2.75) is 33.9 Å². The molecular formula is C15H19N3. The number of rotatable bonds is 1. The Morgan fingerprint density at radius 1 is 1.22 bits per heavy atom. The molecule has 18 heavy (non-hydrogen) atoms. The lowest BCUT2D eigenvalue weighted by molar-refractivity contribution is 0.367. The van der Waals surface area contributed by atoms with E-state index in [1.165, 1.54) is 22.4 Å². The van der Waals surface area contributed by atoms with Crippen LogP contribution in [0.2, 0.25) is 0 Å². The Hall–Kier alpha value is -1.95. The van der Waals surface area contributed by atoms with Crippen molar-refractivity contribution in [1.29, 1.82) is 5.26 Å². The largest absolute Gasteiger partial charge is 0.344 e. The first kappa shape index (κ1) is 12.5. The van der Waals surface area contributed by atoms with E-state index in [0.29, 0.717) is 5.70 Å². The molecule has 0 radical (unpaired) electrons. The molecule has 0 amide bonds. The molecule has 0 bridgehead atoms. The standard InChI is InChI=1S/C15H19N3/c1-10-6-11(2)12(3)15(7-10)18-9-14(8-16)17(5)13(18)4/h6-7,9,13H,1-5H3/t13-/m0/s1. The minimum atomic E-state index is 0.180. The van der Waals surface area contributed by atoms with Gasteiger partial charge in [-0.3, -0.25) is 0 Å². The Labute approximate surface area is 109 Å². The SMILES string of the molecule is Cc1cc(C)c(C)c(N2C=C(C#N)N(C)[C@@H]2C)c1. The maximum absolute atomic E-state index is 9.11. The fraction of sp³-hybridized carbons (Fsp3) is 0.400. The van der Waals surface area contributed by atoms with E-state index < -0.39 is 0 Å². The Morgan fingerprint density at radius 2 is 1.89 bits per heavy atom. The van der Waals surface area contributed by atoms with Crippen molar-refractivity contribution >= 4 is 5.69 Å². The summed E-state index contributed by atoms with van der Waals surface area (Å²) in [6.45, 7) is 8.48. The smallest absolute Gasteiger partial charge is 0.134 e. The van der Waals surface area contributed by atoms with Crippen LogP contribution in [-0.2, 0) is 0 Å². The highest BCUT2D eigenvalue weighted by atomic mass is 15.4. The number of anilines is 1. The fourth-order valence-corrected chi connectivity index (χ4v) is 2.38. The molecule has 1 atom stereocenters. The minimum Gasteiger partial charge on any atom is -0.344 e. The summed E-state index contributed by atoms with van der Waals surface area (Å²) >= 11 is 0. The van der Waals surface area contributed by atoms with E-state index in [2.05, 4.69) is 50.8 Å². The van der Waals surface area contributed by atoms with Gasteiger partial charge in [0.2, 0.25) is 0 Å². The van der Waals surface area contributed by atoms with E-state index in [1.54, 1.807) is 0 Å². The van der Waals surface area contributed by atoms with Gasteiger partial charge in [-0.1, -0.05) is 6.07 Å². The van der Waals surface area contributed by atoms with E-state index in [1.807, 2.05) is 18.1 Å². The summed E-state index contributed by atoms with van der Waals surface area (Å²) in [5.74, 6) is 0. The molecule has 94 valence electrons. The van der Waals surface area contributed by atoms with Crippen LogP contribution < -0.4 is 4.90 Å². The molecule has 0 saturated heterocycles. The monoisotopic (exact) mass is 241 g/mol. The van der Waals surface area contributed by atoms with Crippen molar-refractivity contribution in [3.05, 3.63) is 40.7 Å². The number of hydrogen-bond acceptors (Lipinski definition) is 3. The molecular weight excluding hydrogens is 222 g/mol. The van der Waals surface area contributed by atoms with E-state index in [9.17, 15) is 0 Å². The summed E-state index contributed by atoms with van der Waals surface area (Å²) in [5.41, 5.74) is 5.72. The fourth-order valence-electron chi connectivity index (χ4n) is 2.38. The lowest BCUT2D eigenvalue weighted by Gasteiger charge is -2.29. The summed E-state index contributed by atoms with van der Waals surface area (Å²) in [6.07, 6.45) is 2.12. The van der Waals surface area contributed by atoms with E-state index in [4.69, 9.17) is 5.26 Å². The summed E-state index contributed by atoms with van der Waals surface area (Å²) in [7, 11) is 1.96. The third-order valence-electron chi connectivity index (χ3n) is 3.78. The van der Waals surface area contributed by atoms with Crippen molar-refractivity contribution < 1.29 is 0 Å². The maximum atomic E-state index is 9.11. The number of nitrogens with zero attached hydrogens (tertiary/aromatic N) is 3. The predicted octanol–water partition coefficient (Wildman–Crippen LogP) is 3.07. The third-order valence-corrected chi connectivity index (χ3v) is 3.78. The maximum Gasteiger partial charge on any atom is 0.134 e. The van der Waals surface area contributed by atoms with Gasteiger partial charge < -0.3 is 9.80 Å². The number of aryl methyl sites for hydroxylation is 2. The Bertz CT molecular complexity index is 552. The molecule has 0 spiro atoms. The van der Waals surface area contributed by atoms with Crippen molar-refractivity contribution in [2.24, 2.45) is 0 Å². The van der Waals surface area contributed by atoms with Gasteiger partial charge in [-0.15, -0.1) is 0 Å². The highest BCUT2D eigenvalue weighted by Gasteiger charge is 2.27. The van der Waals surface area contributed by atoms with Gasteiger partial charge in [0.05, 0.1) is 0 Å². The van der Waals surface area contributed by atoms with Gasteiger partial charge in [-0.25, -0.2) is 0 Å². The Kier molecular flexibility index (Phi) is 3.04. The zero-order chi connectivity index (χ0) is 13.4. The van der Waals surface area contributed by atoms with Crippen LogP contribution in [0.15, 0.2) is 24.0 Å². The summed E-state index contributed by atoms with van der Waals surface area (Å²) in [4.78, 5) is 4.17. The molecule has 3 nitrogen and oxygen atoms in total.